The molecule has 0 spiro atoms. The summed E-state index contributed by atoms with van der Waals surface area (Å²) in [4.78, 5) is 0. The van der Waals surface area contributed by atoms with Gasteiger partial charge in [0.05, 0.1) is 7.11 Å². The van der Waals surface area contributed by atoms with E-state index in [2.05, 4.69) is 58.1 Å². The van der Waals surface area contributed by atoms with Crippen molar-refractivity contribution in [2.75, 3.05) is 13.7 Å². The van der Waals surface area contributed by atoms with Crippen molar-refractivity contribution < 1.29 is 4.74 Å². The molecule has 1 N–H and O–H groups in total. The Hall–Kier alpha value is -1.02. The molecule has 2 heteroatoms. The number of hydrogen-bond acceptors (Lipinski definition) is 2. The first kappa shape index (κ1) is 15.4. The van der Waals surface area contributed by atoms with E-state index in [9.17, 15) is 0 Å². The van der Waals surface area contributed by atoms with Gasteiger partial charge < -0.3 is 10.1 Å². The Balaban J connectivity index is 2.31. The molecule has 1 aliphatic rings. The van der Waals surface area contributed by atoms with E-state index in [4.69, 9.17) is 4.74 Å². The Morgan fingerprint density at radius 1 is 1.30 bits per heavy atom. The number of rotatable bonds is 4. The maximum absolute atomic E-state index is 5.62. The lowest BCUT2D eigenvalue weighted by atomic mass is 9.58. The fourth-order valence-corrected chi connectivity index (χ4v) is 3.40. The van der Waals surface area contributed by atoms with Crippen molar-refractivity contribution in [1.29, 1.82) is 0 Å². The van der Waals surface area contributed by atoms with Crippen molar-refractivity contribution in [2.24, 2.45) is 5.92 Å². The average Bonchev–Trinajstić information content (AvgIpc) is 2.32. The second-order valence-electron chi connectivity index (χ2n) is 7.60. The van der Waals surface area contributed by atoms with Gasteiger partial charge in [-0.2, -0.15) is 0 Å². The SMILES string of the molecule is COc1ccc(C)cc1C1(CNC(C)(C)C)CC(C)C1. The Bertz CT molecular complexity index is 467. The third-order valence-electron chi connectivity index (χ3n) is 4.36. The quantitative estimate of drug-likeness (QED) is 0.894. The molecule has 0 amide bonds. The van der Waals surface area contributed by atoms with Gasteiger partial charge in [-0.05, 0) is 52.5 Å². The van der Waals surface area contributed by atoms with E-state index in [1.807, 2.05) is 0 Å². The normalized spacial score (nSPS) is 26.2. The van der Waals surface area contributed by atoms with Crippen molar-refractivity contribution in [2.45, 2.75) is 58.4 Å². The lowest BCUT2D eigenvalue weighted by Gasteiger charge is -2.49. The van der Waals surface area contributed by atoms with Gasteiger partial charge in [-0.3, -0.25) is 0 Å². The van der Waals surface area contributed by atoms with Crippen LogP contribution in [0.15, 0.2) is 18.2 Å². The van der Waals surface area contributed by atoms with Gasteiger partial charge in [0.2, 0.25) is 0 Å². The third-order valence-corrected chi connectivity index (χ3v) is 4.36. The molecule has 0 atom stereocenters. The number of ether oxygens (including phenoxy) is 1. The molecule has 2 rings (SSSR count). The van der Waals surface area contributed by atoms with E-state index in [0.29, 0.717) is 0 Å². The van der Waals surface area contributed by atoms with Crippen LogP contribution in [0.1, 0.15) is 51.7 Å². The standard InChI is InChI=1S/C18H29NO/c1-13-7-8-16(20-6)15(9-13)18(10-14(2)11-18)12-19-17(3,4)5/h7-9,14,19H,10-12H2,1-6H3. The molecule has 0 bridgehead atoms. The van der Waals surface area contributed by atoms with E-state index in [0.717, 1.165) is 18.2 Å². The Morgan fingerprint density at radius 2 is 1.95 bits per heavy atom. The van der Waals surface area contributed by atoms with Gasteiger partial charge in [-0.25, -0.2) is 0 Å². The van der Waals surface area contributed by atoms with Crippen LogP contribution in [0.3, 0.4) is 0 Å². The predicted molar refractivity (Wildman–Crippen MR) is 85.6 cm³/mol. The molecule has 20 heavy (non-hydrogen) atoms. The molecule has 0 unspecified atom stereocenters. The zero-order chi connectivity index (χ0) is 15.0. The molecule has 1 aliphatic carbocycles. The van der Waals surface area contributed by atoms with Crippen LogP contribution < -0.4 is 10.1 Å². The first-order valence-electron chi connectivity index (χ1n) is 7.66. The molecule has 1 saturated carbocycles. The van der Waals surface area contributed by atoms with Crippen LogP contribution in [0, 0.1) is 12.8 Å². The van der Waals surface area contributed by atoms with E-state index in [1.54, 1.807) is 7.11 Å². The first-order valence-corrected chi connectivity index (χ1v) is 7.66. The predicted octanol–water partition coefficient (Wildman–Crippen LogP) is 4.06. The number of aryl methyl sites for hydroxylation is 1. The topological polar surface area (TPSA) is 21.3 Å². The molecule has 0 saturated heterocycles. The minimum Gasteiger partial charge on any atom is -0.496 e. The zero-order valence-corrected chi connectivity index (χ0v) is 13.8. The van der Waals surface area contributed by atoms with Crippen LogP contribution >= 0.6 is 0 Å². The maximum Gasteiger partial charge on any atom is 0.122 e. The zero-order valence-electron chi connectivity index (χ0n) is 13.8. The highest BCUT2D eigenvalue weighted by atomic mass is 16.5. The first-order chi connectivity index (χ1) is 9.26. The lowest BCUT2D eigenvalue weighted by molar-refractivity contribution is 0.138. The van der Waals surface area contributed by atoms with E-state index >= 15 is 0 Å². The van der Waals surface area contributed by atoms with E-state index in [-0.39, 0.29) is 11.0 Å². The van der Waals surface area contributed by atoms with Crippen molar-refractivity contribution in [1.82, 2.24) is 5.32 Å². The Morgan fingerprint density at radius 3 is 2.45 bits per heavy atom. The smallest absolute Gasteiger partial charge is 0.122 e. The van der Waals surface area contributed by atoms with Gasteiger partial charge in [0.1, 0.15) is 5.75 Å². The fraction of sp³-hybridized carbons (Fsp3) is 0.667. The van der Waals surface area contributed by atoms with E-state index in [1.165, 1.54) is 24.0 Å². The molecular formula is C18H29NO. The average molecular weight is 275 g/mol. The summed E-state index contributed by atoms with van der Waals surface area (Å²) < 4.78 is 5.62. The molecule has 1 aromatic carbocycles. The highest BCUT2D eigenvalue weighted by Gasteiger charge is 2.45. The summed E-state index contributed by atoms with van der Waals surface area (Å²) in [7, 11) is 1.78. The Labute approximate surface area is 123 Å². The summed E-state index contributed by atoms with van der Waals surface area (Å²) in [5, 5.41) is 3.70. The highest BCUT2D eigenvalue weighted by molar-refractivity contribution is 5.44. The lowest BCUT2D eigenvalue weighted by Crippen LogP contribution is -2.52. The summed E-state index contributed by atoms with van der Waals surface area (Å²) in [6.45, 7) is 12.2. The highest BCUT2D eigenvalue weighted by Crippen LogP contribution is 2.50. The monoisotopic (exact) mass is 275 g/mol. The summed E-state index contributed by atoms with van der Waals surface area (Å²) >= 11 is 0. The van der Waals surface area contributed by atoms with Crippen molar-refractivity contribution in [3.05, 3.63) is 29.3 Å². The molecule has 2 nitrogen and oxygen atoms in total. The summed E-state index contributed by atoms with van der Waals surface area (Å²) in [6, 6.07) is 6.57. The molecule has 0 aromatic heterocycles. The van der Waals surface area contributed by atoms with Crippen LogP contribution in [-0.4, -0.2) is 19.2 Å². The van der Waals surface area contributed by atoms with Gasteiger partial charge in [0.25, 0.3) is 0 Å². The number of nitrogens with one attached hydrogen (secondary N) is 1. The van der Waals surface area contributed by atoms with Crippen molar-refractivity contribution >= 4 is 0 Å². The van der Waals surface area contributed by atoms with Gasteiger partial charge >= 0.3 is 0 Å². The summed E-state index contributed by atoms with van der Waals surface area (Å²) in [6.07, 6.45) is 2.49. The molecule has 1 fully saturated rings. The van der Waals surface area contributed by atoms with Crippen molar-refractivity contribution in [3.63, 3.8) is 0 Å². The fourth-order valence-electron chi connectivity index (χ4n) is 3.40. The van der Waals surface area contributed by atoms with Crippen LogP contribution in [0.2, 0.25) is 0 Å². The summed E-state index contributed by atoms with van der Waals surface area (Å²) in [5.74, 6) is 1.85. The second kappa shape index (κ2) is 5.40. The molecule has 0 radical (unpaired) electrons. The largest absolute Gasteiger partial charge is 0.496 e. The Kier molecular flexibility index (Phi) is 4.15. The minimum atomic E-state index is 0.156. The number of methoxy groups -OCH3 is 1. The van der Waals surface area contributed by atoms with E-state index < -0.39 is 0 Å². The van der Waals surface area contributed by atoms with Gasteiger partial charge in [0.15, 0.2) is 0 Å². The molecular weight excluding hydrogens is 246 g/mol. The molecule has 0 aliphatic heterocycles. The van der Waals surface area contributed by atoms with Crippen molar-refractivity contribution in [3.8, 4) is 5.75 Å². The second-order valence-corrected chi connectivity index (χ2v) is 7.60. The van der Waals surface area contributed by atoms with Gasteiger partial charge in [0, 0.05) is 23.1 Å². The minimum absolute atomic E-state index is 0.156. The molecule has 0 heterocycles. The molecule has 1 aromatic rings. The number of benzene rings is 1. The van der Waals surface area contributed by atoms with Crippen LogP contribution in [0.4, 0.5) is 0 Å². The number of hydrogen-bond donors (Lipinski definition) is 1. The van der Waals surface area contributed by atoms with Crippen LogP contribution in [-0.2, 0) is 5.41 Å². The summed E-state index contributed by atoms with van der Waals surface area (Å²) in [5.41, 5.74) is 3.10. The van der Waals surface area contributed by atoms with Crippen LogP contribution in [0.25, 0.3) is 0 Å². The molecule has 112 valence electrons. The van der Waals surface area contributed by atoms with Gasteiger partial charge in [-0.15, -0.1) is 0 Å². The van der Waals surface area contributed by atoms with Gasteiger partial charge in [-0.1, -0.05) is 24.6 Å². The third kappa shape index (κ3) is 3.17. The van der Waals surface area contributed by atoms with Crippen LogP contribution in [0.5, 0.6) is 5.75 Å². The maximum atomic E-state index is 5.62.